The summed E-state index contributed by atoms with van der Waals surface area (Å²) < 4.78 is 19.8. The molecule has 0 spiro atoms. The van der Waals surface area contributed by atoms with Gasteiger partial charge in [-0.05, 0) is 31.2 Å². The zero-order valence-corrected chi connectivity index (χ0v) is 11.9. The lowest BCUT2D eigenvalue weighted by atomic mass is 10.1. The lowest BCUT2D eigenvalue weighted by Crippen LogP contribution is -2.03. The highest BCUT2D eigenvalue weighted by molar-refractivity contribution is 9.10. The van der Waals surface area contributed by atoms with E-state index in [1.165, 1.54) is 13.0 Å². The molecule has 0 aliphatic carbocycles. The summed E-state index contributed by atoms with van der Waals surface area (Å²) in [5.41, 5.74) is 0.936. The largest absolute Gasteiger partial charge is 0.488 e. The molecule has 0 aromatic heterocycles. The van der Waals surface area contributed by atoms with Gasteiger partial charge in [-0.3, -0.25) is 4.79 Å². The molecule has 2 rings (SSSR count). The molecule has 0 aliphatic rings. The predicted molar refractivity (Wildman–Crippen MR) is 74.9 cm³/mol. The molecule has 0 heterocycles. The van der Waals surface area contributed by atoms with E-state index in [0.717, 1.165) is 4.47 Å². The monoisotopic (exact) mass is 322 g/mol. The Morgan fingerprint density at radius 3 is 2.68 bits per heavy atom. The maximum atomic E-state index is 13.5. The van der Waals surface area contributed by atoms with Crippen LogP contribution < -0.4 is 4.74 Å². The van der Waals surface area contributed by atoms with E-state index in [0.29, 0.717) is 16.9 Å². The smallest absolute Gasteiger partial charge is 0.163 e. The summed E-state index contributed by atoms with van der Waals surface area (Å²) in [6, 6.07) is 11.6. The number of ketones is 1. The fraction of sp³-hybridized carbons (Fsp3) is 0.133. The van der Waals surface area contributed by atoms with Crippen molar-refractivity contribution in [1.82, 2.24) is 0 Å². The molecule has 0 saturated carbocycles. The van der Waals surface area contributed by atoms with Crippen molar-refractivity contribution < 1.29 is 13.9 Å². The van der Waals surface area contributed by atoms with E-state index in [-0.39, 0.29) is 18.2 Å². The van der Waals surface area contributed by atoms with Crippen molar-refractivity contribution >= 4 is 21.7 Å². The summed E-state index contributed by atoms with van der Waals surface area (Å²) in [6.07, 6.45) is 0. The predicted octanol–water partition coefficient (Wildman–Crippen LogP) is 4.37. The summed E-state index contributed by atoms with van der Waals surface area (Å²) >= 11 is 3.30. The van der Waals surface area contributed by atoms with Crippen LogP contribution in [0.5, 0.6) is 5.75 Å². The van der Waals surface area contributed by atoms with Gasteiger partial charge in [0.2, 0.25) is 0 Å². The van der Waals surface area contributed by atoms with Gasteiger partial charge < -0.3 is 4.74 Å². The average molecular weight is 323 g/mol. The van der Waals surface area contributed by atoms with Crippen LogP contribution in [0, 0.1) is 5.82 Å². The highest BCUT2D eigenvalue weighted by Gasteiger charge is 2.10. The Morgan fingerprint density at radius 2 is 2.00 bits per heavy atom. The van der Waals surface area contributed by atoms with Gasteiger partial charge in [-0.15, -0.1) is 0 Å². The summed E-state index contributed by atoms with van der Waals surface area (Å²) in [7, 11) is 0. The fourth-order valence-electron chi connectivity index (χ4n) is 1.67. The van der Waals surface area contributed by atoms with E-state index in [2.05, 4.69) is 15.9 Å². The highest BCUT2D eigenvalue weighted by Crippen LogP contribution is 2.24. The molecule has 4 heteroatoms. The molecule has 0 saturated heterocycles. The first-order valence-electron chi connectivity index (χ1n) is 5.74. The van der Waals surface area contributed by atoms with Crippen molar-refractivity contribution in [1.29, 1.82) is 0 Å². The quantitative estimate of drug-likeness (QED) is 0.781. The van der Waals surface area contributed by atoms with Gasteiger partial charge in [-0.25, -0.2) is 4.39 Å². The van der Waals surface area contributed by atoms with Crippen LogP contribution in [0.15, 0.2) is 46.9 Å². The van der Waals surface area contributed by atoms with Crippen LogP contribution in [-0.4, -0.2) is 5.78 Å². The number of hydrogen-bond acceptors (Lipinski definition) is 2. The van der Waals surface area contributed by atoms with E-state index in [1.807, 2.05) is 0 Å². The Labute approximate surface area is 119 Å². The molecule has 2 aromatic carbocycles. The molecule has 0 aliphatic heterocycles. The third kappa shape index (κ3) is 3.41. The van der Waals surface area contributed by atoms with E-state index >= 15 is 0 Å². The van der Waals surface area contributed by atoms with Crippen molar-refractivity contribution in [3.63, 3.8) is 0 Å². The summed E-state index contributed by atoms with van der Waals surface area (Å²) in [6.45, 7) is 1.56. The number of hydrogen-bond donors (Lipinski definition) is 0. The molecule has 0 bridgehead atoms. The van der Waals surface area contributed by atoms with Crippen molar-refractivity contribution in [2.45, 2.75) is 13.5 Å². The average Bonchev–Trinajstić information content (AvgIpc) is 2.38. The van der Waals surface area contributed by atoms with Gasteiger partial charge in [0.15, 0.2) is 5.78 Å². The van der Waals surface area contributed by atoms with Crippen molar-refractivity contribution in [3.05, 3.63) is 63.9 Å². The third-order valence-electron chi connectivity index (χ3n) is 2.66. The summed E-state index contributed by atoms with van der Waals surface area (Å²) in [5, 5.41) is 0. The Bertz CT molecular complexity index is 611. The number of halogens is 2. The summed E-state index contributed by atoms with van der Waals surface area (Å²) in [5.74, 6) is 0.0489. The van der Waals surface area contributed by atoms with Gasteiger partial charge in [-0.1, -0.05) is 34.1 Å². The lowest BCUT2D eigenvalue weighted by molar-refractivity contribution is 0.101. The lowest BCUT2D eigenvalue weighted by Gasteiger charge is -2.10. The van der Waals surface area contributed by atoms with Gasteiger partial charge in [0.1, 0.15) is 18.2 Å². The second kappa shape index (κ2) is 5.97. The van der Waals surface area contributed by atoms with Crippen molar-refractivity contribution in [2.24, 2.45) is 0 Å². The first-order valence-corrected chi connectivity index (χ1v) is 6.54. The van der Waals surface area contributed by atoms with Crippen LogP contribution in [0.4, 0.5) is 4.39 Å². The highest BCUT2D eigenvalue weighted by atomic mass is 79.9. The fourth-order valence-corrected chi connectivity index (χ4v) is 2.04. The van der Waals surface area contributed by atoms with E-state index in [9.17, 15) is 9.18 Å². The first kappa shape index (κ1) is 13.7. The molecule has 0 unspecified atom stereocenters. The molecule has 0 amide bonds. The minimum Gasteiger partial charge on any atom is -0.488 e. The minimum absolute atomic E-state index is 0.0919. The minimum atomic E-state index is -0.316. The van der Waals surface area contributed by atoms with E-state index in [1.54, 1.807) is 36.4 Å². The van der Waals surface area contributed by atoms with Crippen LogP contribution in [0.25, 0.3) is 0 Å². The Morgan fingerprint density at radius 1 is 1.26 bits per heavy atom. The molecule has 98 valence electrons. The van der Waals surface area contributed by atoms with Crippen LogP contribution in [0.3, 0.4) is 0 Å². The van der Waals surface area contributed by atoms with Crippen LogP contribution in [0.2, 0.25) is 0 Å². The van der Waals surface area contributed by atoms with Gasteiger partial charge in [0.25, 0.3) is 0 Å². The molecule has 2 nitrogen and oxygen atoms in total. The molecule has 0 fully saturated rings. The Hall–Kier alpha value is -1.68. The zero-order chi connectivity index (χ0) is 13.8. The van der Waals surface area contributed by atoms with Gasteiger partial charge in [0, 0.05) is 10.0 Å². The molecule has 19 heavy (non-hydrogen) atoms. The second-order valence-electron chi connectivity index (χ2n) is 4.08. The maximum Gasteiger partial charge on any atom is 0.163 e. The number of benzene rings is 2. The number of rotatable bonds is 4. The SMILES string of the molecule is CC(=O)c1cc(Br)ccc1OCc1ccccc1F. The number of carbonyl (C=O) groups is 1. The topological polar surface area (TPSA) is 26.3 Å². The Kier molecular flexibility index (Phi) is 4.32. The number of carbonyl (C=O) groups excluding carboxylic acids is 1. The van der Waals surface area contributed by atoms with Gasteiger partial charge >= 0.3 is 0 Å². The van der Waals surface area contributed by atoms with Crippen LogP contribution in [0.1, 0.15) is 22.8 Å². The van der Waals surface area contributed by atoms with Gasteiger partial charge in [0.05, 0.1) is 5.56 Å². The van der Waals surface area contributed by atoms with Crippen molar-refractivity contribution in [2.75, 3.05) is 0 Å². The number of Topliss-reactive ketones (excluding diaryl/α,β-unsaturated/α-hetero) is 1. The Balaban J connectivity index is 2.20. The molecule has 0 radical (unpaired) electrons. The van der Waals surface area contributed by atoms with Gasteiger partial charge in [-0.2, -0.15) is 0 Å². The molecule has 0 N–H and O–H groups in total. The summed E-state index contributed by atoms with van der Waals surface area (Å²) in [4.78, 5) is 11.5. The third-order valence-corrected chi connectivity index (χ3v) is 3.16. The normalized spacial score (nSPS) is 10.3. The van der Waals surface area contributed by atoms with E-state index in [4.69, 9.17) is 4.74 Å². The second-order valence-corrected chi connectivity index (χ2v) is 4.99. The van der Waals surface area contributed by atoms with E-state index < -0.39 is 0 Å². The standard InChI is InChI=1S/C15H12BrFO2/c1-10(18)13-8-12(16)6-7-15(13)19-9-11-4-2-3-5-14(11)17/h2-8H,9H2,1H3. The zero-order valence-electron chi connectivity index (χ0n) is 10.3. The number of ether oxygens (including phenoxy) is 1. The maximum absolute atomic E-state index is 13.5. The molecular formula is C15H12BrFO2. The molecule has 2 aromatic rings. The van der Waals surface area contributed by atoms with Crippen molar-refractivity contribution in [3.8, 4) is 5.75 Å². The van der Waals surface area contributed by atoms with Crippen LogP contribution >= 0.6 is 15.9 Å². The first-order chi connectivity index (χ1) is 9.08. The molecular weight excluding hydrogens is 311 g/mol. The van der Waals surface area contributed by atoms with Crippen LogP contribution in [-0.2, 0) is 6.61 Å². The molecule has 0 atom stereocenters.